The lowest BCUT2D eigenvalue weighted by Gasteiger charge is -2.13. The molecule has 0 aliphatic rings. The summed E-state index contributed by atoms with van der Waals surface area (Å²) < 4.78 is 32.9. The van der Waals surface area contributed by atoms with Crippen molar-refractivity contribution in [3.63, 3.8) is 0 Å². The maximum Gasteiger partial charge on any atom is 0.203 e. The van der Waals surface area contributed by atoms with E-state index in [1.165, 1.54) is 36.4 Å². The van der Waals surface area contributed by atoms with E-state index in [2.05, 4.69) is 0 Å². The SMILES string of the molecule is BC(C)c1oc2cccc(F)c2c(=O)c1-c1ccc(F)cc1. The maximum atomic E-state index is 14.0. The van der Waals surface area contributed by atoms with E-state index >= 15 is 0 Å². The van der Waals surface area contributed by atoms with Crippen molar-refractivity contribution >= 4 is 18.8 Å². The minimum Gasteiger partial charge on any atom is -0.461 e. The van der Waals surface area contributed by atoms with Gasteiger partial charge in [0, 0.05) is 0 Å². The summed E-state index contributed by atoms with van der Waals surface area (Å²) in [5.41, 5.74) is 0.589. The van der Waals surface area contributed by atoms with Crippen LogP contribution >= 0.6 is 0 Å². The van der Waals surface area contributed by atoms with Gasteiger partial charge in [-0.25, -0.2) is 8.78 Å². The first-order valence-corrected chi connectivity index (χ1v) is 7.00. The monoisotopic (exact) mass is 298 g/mol. The summed E-state index contributed by atoms with van der Waals surface area (Å²) in [6.07, 6.45) is 0. The van der Waals surface area contributed by atoms with Crippen LogP contribution in [-0.4, -0.2) is 7.85 Å². The molecule has 0 fully saturated rings. The number of halogens is 2. The molecule has 0 aliphatic carbocycles. The lowest BCUT2D eigenvalue weighted by molar-refractivity contribution is 0.536. The summed E-state index contributed by atoms with van der Waals surface area (Å²) in [5, 5.41) is -0.0776. The molecule has 0 saturated carbocycles. The van der Waals surface area contributed by atoms with Gasteiger partial charge < -0.3 is 4.42 Å². The molecule has 1 unspecified atom stereocenters. The molecule has 0 radical (unpaired) electrons. The molecule has 3 rings (SSSR count). The molecule has 5 heteroatoms. The number of hydrogen-bond donors (Lipinski definition) is 0. The number of hydrogen-bond acceptors (Lipinski definition) is 2. The van der Waals surface area contributed by atoms with E-state index < -0.39 is 17.1 Å². The first kappa shape index (κ1) is 14.5. The van der Waals surface area contributed by atoms with Crippen LogP contribution in [0.4, 0.5) is 8.78 Å². The second-order valence-corrected chi connectivity index (χ2v) is 5.45. The average molecular weight is 298 g/mol. The van der Waals surface area contributed by atoms with Crippen molar-refractivity contribution in [2.45, 2.75) is 12.7 Å². The Morgan fingerprint density at radius 3 is 2.41 bits per heavy atom. The first-order chi connectivity index (χ1) is 10.5. The fourth-order valence-corrected chi connectivity index (χ4v) is 2.51. The van der Waals surface area contributed by atoms with Crippen molar-refractivity contribution in [1.82, 2.24) is 0 Å². The molecule has 2 aromatic carbocycles. The molecular weight excluding hydrogens is 285 g/mol. The minimum absolute atomic E-state index is 0.0691. The van der Waals surface area contributed by atoms with Crippen molar-refractivity contribution < 1.29 is 13.2 Å². The van der Waals surface area contributed by atoms with E-state index in [0.29, 0.717) is 11.3 Å². The first-order valence-electron chi connectivity index (χ1n) is 7.00. The Labute approximate surface area is 126 Å². The van der Waals surface area contributed by atoms with Crippen molar-refractivity contribution in [2.24, 2.45) is 0 Å². The van der Waals surface area contributed by atoms with Gasteiger partial charge in [-0.15, -0.1) is 0 Å². The van der Waals surface area contributed by atoms with Crippen LogP contribution in [0, 0.1) is 11.6 Å². The molecule has 1 atom stereocenters. The topological polar surface area (TPSA) is 30.2 Å². The van der Waals surface area contributed by atoms with Gasteiger partial charge in [-0.05, 0) is 35.6 Å². The zero-order chi connectivity index (χ0) is 15.9. The van der Waals surface area contributed by atoms with Gasteiger partial charge in [-0.2, -0.15) is 0 Å². The number of fused-ring (bicyclic) bond motifs is 1. The summed E-state index contributed by atoms with van der Waals surface area (Å²) in [4.78, 5) is 12.8. The molecule has 0 saturated heterocycles. The molecule has 110 valence electrons. The van der Waals surface area contributed by atoms with Crippen molar-refractivity contribution in [2.75, 3.05) is 0 Å². The zero-order valence-corrected chi connectivity index (χ0v) is 12.2. The quantitative estimate of drug-likeness (QED) is 0.678. The molecule has 0 spiro atoms. The minimum atomic E-state index is -0.620. The third kappa shape index (κ3) is 2.32. The van der Waals surface area contributed by atoms with Crippen LogP contribution in [0.5, 0.6) is 0 Å². The number of benzene rings is 2. The average Bonchev–Trinajstić information content (AvgIpc) is 2.48. The lowest BCUT2D eigenvalue weighted by Crippen LogP contribution is -2.12. The van der Waals surface area contributed by atoms with Crippen LogP contribution in [0.3, 0.4) is 0 Å². The molecule has 0 amide bonds. The van der Waals surface area contributed by atoms with E-state index in [4.69, 9.17) is 4.42 Å². The Kier molecular flexibility index (Phi) is 3.57. The van der Waals surface area contributed by atoms with E-state index in [1.54, 1.807) is 6.07 Å². The Balaban J connectivity index is 2.43. The standard InChI is InChI=1S/C17H13BF2O2/c1-9(18)17-14(10-5-7-11(19)8-6-10)16(21)15-12(20)3-2-4-13(15)22-17/h2-9H,18H2,1H3. The Hall–Kier alpha value is -2.43. The zero-order valence-electron chi connectivity index (χ0n) is 12.2. The van der Waals surface area contributed by atoms with Gasteiger partial charge in [0.05, 0.1) is 5.56 Å². The highest BCUT2D eigenvalue weighted by Gasteiger charge is 2.20. The molecule has 2 nitrogen and oxygen atoms in total. The van der Waals surface area contributed by atoms with Crippen molar-refractivity contribution in [3.05, 3.63) is 70.1 Å². The Morgan fingerprint density at radius 1 is 1.09 bits per heavy atom. The van der Waals surface area contributed by atoms with Gasteiger partial charge in [0.2, 0.25) is 5.43 Å². The van der Waals surface area contributed by atoms with Crippen LogP contribution in [0.2, 0.25) is 0 Å². The summed E-state index contributed by atoms with van der Waals surface area (Å²) in [5.74, 6) is -0.619. The van der Waals surface area contributed by atoms with Crippen LogP contribution in [0.15, 0.2) is 51.7 Å². The van der Waals surface area contributed by atoms with Crippen molar-refractivity contribution in [1.29, 1.82) is 0 Å². The fourth-order valence-electron chi connectivity index (χ4n) is 2.51. The smallest absolute Gasteiger partial charge is 0.203 e. The normalized spacial score (nSPS) is 12.5. The highest BCUT2D eigenvalue weighted by atomic mass is 19.1. The van der Waals surface area contributed by atoms with E-state index in [9.17, 15) is 13.6 Å². The predicted molar refractivity (Wildman–Crippen MR) is 84.8 cm³/mol. The fraction of sp³-hybridized carbons (Fsp3) is 0.118. The molecule has 1 aromatic heterocycles. The molecule has 0 N–H and O–H groups in total. The lowest BCUT2D eigenvalue weighted by atomic mass is 9.83. The Bertz CT molecular complexity index is 899. The largest absolute Gasteiger partial charge is 0.461 e. The second kappa shape index (κ2) is 5.41. The second-order valence-electron chi connectivity index (χ2n) is 5.45. The molecular formula is C17H13BF2O2. The molecule has 0 bridgehead atoms. The Morgan fingerprint density at radius 2 is 1.77 bits per heavy atom. The van der Waals surface area contributed by atoms with Gasteiger partial charge in [0.1, 0.15) is 36.2 Å². The van der Waals surface area contributed by atoms with Crippen LogP contribution < -0.4 is 5.43 Å². The summed E-state index contributed by atoms with van der Waals surface area (Å²) in [6, 6.07) is 9.83. The van der Waals surface area contributed by atoms with Gasteiger partial charge in [-0.1, -0.05) is 25.1 Å². The van der Waals surface area contributed by atoms with Crippen molar-refractivity contribution in [3.8, 4) is 11.1 Å². The molecule has 22 heavy (non-hydrogen) atoms. The molecule has 0 aliphatic heterocycles. The highest BCUT2D eigenvalue weighted by molar-refractivity contribution is 6.12. The van der Waals surface area contributed by atoms with Crippen LogP contribution in [0.1, 0.15) is 18.5 Å². The highest BCUT2D eigenvalue weighted by Crippen LogP contribution is 2.29. The summed E-state index contributed by atoms with van der Waals surface area (Å²) in [6.45, 7) is 1.89. The van der Waals surface area contributed by atoms with Gasteiger partial charge >= 0.3 is 0 Å². The van der Waals surface area contributed by atoms with E-state index in [0.717, 1.165) is 0 Å². The number of rotatable bonds is 2. The molecule has 1 heterocycles. The van der Waals surface area contributed by atoms with E-state index in [1.807, 2.05) is 14.8 Å². The summed E-state index contributed by atoms with van der Waals surface area (Å²) >= 11 is 0. The van der Waals surface area contributed by atoms with E-state index in [-0.39, 0.29) is 22.3 Å². The third-order valence-corrected chi connectivity index (χ3v) is 3.55. The van der Waals surface area contributed by atoms with Gasteiger partial charge in [0.25, 0.3) is 0 Å². The van der Waals surface area contributed by atoms with Gasteiger partial charge in [-0.3, -0.25) is 4.79 Å². The van der Waals surface area contributed by atoms with Crippen LogP contribution in [0.25, 0.3) is 22.1 Å². The molecule has 3 aromatic rings. The maximum absolute atomic E-state index is 14.0. The van der Waals surface area contributed by atoms with Crippen LogP contribution in [-0.2, 0) is 0 Å². The third-order valence-electron chi connectivity index (χ3n) is 3.55. The van der Waals surface area contributed by atoms with Gasteiger partial charge in [0.15, 0.2) is 0 Å². The predicted octanol–water partition coefficient (Wildman–Crippen LogP) is 3.43. The summed E-state index contributed by atoms with van der Waals surface area (Å²) in [7, 11) is 1.89.